The van der Waals surface area contributed by atoms with Gasteiger partial charge in [-0.05, 0) is 18.2 Å². The number of nitrogens with zero attached hydrogens (tertiary/aromatic N) is 4. The minimum atomic E-state index is 0.689. The maximum Gasteiger partial charge on any atom is 0.195 e. The van der Waals surface area contributed by atoms with Crippen molar-refractivity contribution < 1.29 is 0 Å². The number of benzene rings is 2. The molecule has 124 valence electrons. The largest absolute Gasteiger partial charge is 0.277 e. The summed E-state index contributed by atoms with van der Waals surface area (Å²) < 4.78 is 1.93. The van der Waals surface area contributed by atoms with E-state index in [0.29, 0.717) is 5.02 Å². The molecule has 2 aromatic carbocycles. The van der Waals surface area contributed by atoms with E-state index in [1.807, 2.05) is 47.0 Å². The Kier molecular flexibility index (Phi) is 4.83. The monoisotopic (exact) mass is 384 g/mol. The van der Waals surface area contributed by atoms with E-state index in [4.69, 9.17) is 16.6 Å². The maximum absolute atomic E-state index is 6.08. The van der Waals surface area contributed by atoms with Gasteiger partial charge in [0.05, 0.1) is 11.4 Å². The van der Waals surface area contributed by atoms with Crippen LogP contribution in [-0.4, -0.2) is 19.7 Å². The van der Waals surface area contributed by atoms with Crippen LogP contribution in [0, 0.1) is 0 Å². The van der Waals surface area contributed by atoms with Gasteiger partial charge in [0.1, 0.15) is 11.3 Å². The Morgan fingerprint density at radius 2 is 1.96 bits per heavy atom. The van der Waals surface area contributed by atoms with Crippen molar-refractivity contribution in [3.05, 3.63) is 77.0 Å². The molecular weight excluding hydrogens is 372 g/mol. The lowest BCUT2D eigenvalue weighted by Gasteiger charge is -2.05. The molecule has 0 spiro atoms. The molecule has 0 saturated carbocycles. The molecule has 0 atom stereocenters. The molecule has 25 heavy (non-hydrogen) atoms. The zero-order chi connectivity index (χ0) is 17.1. The molecule has 4 rings (SSSR count). The van der Waals surface area contributed by atoms with Crippen molar-refractivity contribution in [2.45, 2.75) is 10.9 Å². The summed E-state index contributed by atoms with van der Waals surface area (Å²) in [4.78, 5) is 4.72. The quantitative estimate of drug-likeness (QED) is 0.436. The lowest BCUT2D eigenvalue weighted by atomic mass is 10.2. The summed E-state index contributed by atoms with van der Waals surface area (Å²) in [5, 5.41) is 12.9. The summed E-state index contributed by atoms with van der Waals surface area (Å²) in [6.45, 7) is 0. The number of thiazole rings is 1. The van der Waals surface area contributed by atoms with Gasteiger partial charge in [-0.25, -0.2) is 4.98 Å². The average molecular weight is 385 g/mol. The summed E-state index contributed by atoms with van der Waals surface area (Å²) in [6, 6.07) is 17.9. The summed E-state index contributed by atoms with van der Waals surface area (Å²) in [6.07, 6.45) is 1.70. The fourth-order valence-corrected chi connectivity index (χ4v) is 4.29. The maximum atomic E-state index is 6.08. The van der Waals surface area contributed by atoms with E-state index in [0.717, 1.165) is 32.9 Å². The van der Waals surface area contributed by atoms with Crippen molar-refractivity contribution in [1.29, 1.82) is 0 Å². The van der Waals surface area contributed by atoms with Crippen LogP contribution in [0.2, 0.25) is 5.02 Å². The van der Waals surface area contributed by atoms with Gasteiger partial charge in [0.2, 0.25) is 0 Å². The van der Waals surface area contributed by atoms with Crippen LogP contribution in [0.4, 0.5) is 0 Å². The topological polar surface area (TPSA) is 43.6 Å². The Balaban J connectivity index is 1.50. The smallest absolute Gasteiger partial charge is 0.195 e. The van der Waals surface area contributed by atoms with E-state index < -0.39 is 0 Å². The van der Waals surface area contributed by atoms with Gasteiger partial charge in [-0.2, -0.15) is 0 Å². The van der Waals surface area contributed by atoms with Gasteiger partial charge in [-0.15, -0.1) is 21.5 Å². The first-order chi connectivity index (χ1) is 12.3. The zero-order valence-corrected chi connectivity index (χ0v) is 15.4. The van der Waals surface area contributed by atoms with Crippen LogP contribution in [0.15, 0.2) is 71.5 Å². The fourth-order valence-electron chi connectivity index (χ4n) is 2.35. The highest BCUT2D eigenvalue weighted by Gasteiger charge is 2.10. The molecule has 0 radical (unpaired) electrons. The average Bonchev–Trinajstić information content (AvgIpc) is 3.30. The second-order valence-corrected chi connectivity index (χ2v) is 7.50. The molecular formula is C18H13ClN4S2. The first-order valence-corrected chi connectivity index (χ1v) is 9.82. The molecule has 0 saturated heterocycles. The van der Waals surface area contributed by atoms with Crippen molar-refractivity contribution in [3.8, 4) is 16.3 Å². The van der Waals surface area contributed by atoms with Crippen LogP contribution in [0.5, 0.6) is 0 Å². The van der Waals surface area contributed by atoms with Crippen LogP contribution in [0.3, 0.4) is 0 Å². The molecule has 0 aliphatic rings. The summed E-state index contributed by atoms with van der Waals surface area (Å²) in [7, 11) is 0. The van der Waals surface area contributed by atoms with E-state index in [9.17, 15) is 0 Å². The van der Waals surface area contributed by atoms with Crippen LogP contribution in [-0.2, 0) is 5.75 Å². The Labute approximate surface area is 158 Å². The second kappa shape index (κ2) is 7.39. The van der Waals surface area contributed by atoms with Crippen molar-refractivity contribution in [3.63, 3.8) is 0 Å². The van der Waals surface area contributed by atoms with Gasteiger partial charge in [-0.1, -0.05) is 59.8 Å². The minimum Gasteiger partial charge on any atom is -0.277 e. The van der Waals surface area contributed by atoms with Gasteiger partial charge < -0.3 is 0 Å². The molecule has 0 aliphatic carbocycles. The van der Waals surface area contributed by atoms with E-state index in [1.54, 1.807) is 29.4 Å². The normalized spacial score (nSPS) is 10.9. The molecule has 0 N–H and O–H groups in total. The van der Waals surface area contributed by atoms with Crippen LogP contribution in [0.25, 0.3) is 16.3 Å². The van der Waals surface area contributed by atoms with E-state index in [-0.39, 0.29) is 0 Å². The Hall–Kier alpha value is -2.15. The van der Waals surface area contributed by atoms with Crippen molar-refractivity contribution >= 4 is 34.7 Å². The zero-order valence-electron chi connectivity index (χ0n) is 13.0. The number of thioether (sulfide) groups is 1. The highest BCUT2D eigenvalue weighted by Crippen LogP contribution is 2.28. The highest BCUT2D eigenvalue weighted by atomic mass is 35.5. The van der Waals surface area contributed by atoms with Crippen LogP contribution in [0.1, 0.15) is 5.69 Å². The predicted molar refractivity (Wildman–Crippen MR) is 103 cm³/mol. The van der Waals surface area contributed by atoms with Gasteiger partial charge in [0, 0.05) is 21.7 Å². The number of hydrogen-bond donors (Lipinski definition) is 0. The van der Waals surface area contributed by atoms with Gasteiger partial charge in [0.15, 0.2) is 5.16 Å². The van der Waals surface area contributed by atoms with Gasteiger partial charge in [-0.3, -0.25) is 4.57 Å². The Morgan fingerprint density at radius 3 is 2.80 bits per heavy atom. The van der Waals surface area contributed by atoms with Gasteiger partial charge in [0.25, 0.3) is 0 Å². The molecule has 0 aliphatic heterocycles. The van der Waals surface area contributed by atoms with E-state index in [2.05, 4.69) is 27.7 Å². The molecule has 0 fully saturated rings. The molecule has 2 aromatic heterocycles. The third kappa shape index (κ3) is 3.76. The van der Waals surface area contributed by atoms with Crippen LogP contribution < -0.4 is 0 Å². The molecule has 0 bridgehead atoms. The standard InChI is InChI=1S/C18H13ClN4S2/c19-14-7-4-8-16(9-14)23-12-20-22-18(23)25-11-15-10-24-17(21-15)13-5-2-1-3-6-13/h1-10,12H,11H2. The highest BCUT2D eigenvalue weighted by molar-refractivity contribution is 7.98. The number of rotatable bonds is 5. The number of aromatic nitrogens is 4. The third-order valence-electron chi connectivity index (χ3n) is 3.52. The third-order valence-corrected chi connectivity index (χ3v) is 5.68. The summed E-state index contributed by atoms with van der Waals surface area (Å²) in [5.41, 5.74) is 3.13. The Morgan fingerprint density at radius 1 is 1.08 bits per heavy atom. The first kappa shape index (κ1) is 16.3. The Bertz CT molecular complexity index is 981. The molecule has 7 heteroatoms. The minimum absolute atomic E-state index is 0.689. The lowest BCUT2D eigenvalue weighted by molar-refractivity contribution is 0.883. The molecule has 0 amide bonds. The van der Waals surface area contributed by atoms with Crippen molar-refractivity contribution in [2.24, 2.45) is 0 Å². The van der Waals surface area contributed by atoms with E-state index in [1.165, 1.54) is 0 Å². The number of halogens is 1. The van der Waals surface area contributed by atoms with E-state index >= 15 is 0 Å². The molecule has 4 nitrogen and oxygen atoms in total. The second-order valence-electron chi connectivity index (χ2n) is 5.26. The molecule has 2 heterocycles. The lowest BCUT2D eigenvalue weighted by Crippen LogP contribution is -1.95. The van der Waals surface area contributed by atoms with Crippen molar-refractivity contribution in [2.75, 3.05) is 0 Å². The van der Waals surface area contributed by atoms with Crippen LogP contribution >= 0.6 is 34.7 Å². The first-order valence-electron chi connectivity index (χ1n) is 7.58. The predicted octanol–water partition coefficient (Wildman–Crippen LogP) is 5.34. The fraction of sp³-hybridized carbons (Fsp3) is 0.0556. The summed E-state index contributed by atoms with van der Waals surface area (Å²) in [5.74, 6) is 0.739. The van der Waals surface area contributed by atoms with Gasteiger partial charge >= 0.3 is 0 Å². The molecule has 0 unspecified atom stereocenters. The SMILES string of the molecule is Clc1cccc(-n2cnnc2SCc2csc(-c3ccccc3)n2)c1. The molecule has 4 aromatic rings. The van der Waals surface area contributed by atoms with Crippen molar-refractivity contribution in [1.82, 2.24) is 19.7 Å². The summed E-state index contributed by atoms with van der Waals surface area (Å²) >= 11 is 9.34. The number of hydrogen-bond acceptors (Lipinski definition) is 5.